The van der Waals surface area contributed by atoms with E-state index in [-0.39, 0.29) is 11.7 Å². The van der Waals surface area contributed by atoms with Crippen LogP contribution in [0.3, 0.4) is 0 Å². The summed E-state index contributed by atoms with van der Waals surface area (Å²) in [6.45, 7) is 8.96. The minimum absolute atomic E-state index is 0.137. The lowest BCUT2D eigenvalue weighted by atomic mass is 10.2. The van der Waals surface area contributed by atoms with E-state index >= 15 is 0 Å². The van der Waals surface area contributed by atoms with Gasteiger partial charge >= 0.3 is 5.97 Å². The van der Waals surface area contributed by atoms with Gasteiger partial charge < -0.3 is 10.0 Å². The van der Waals surface area contributed by atoms with Gasteiger partial charge in [-0.05, 0) is 27.0 Å². The maximum absolute atomic E-state index is 11.0. The molecule has 1 N–H and O–H groups in total. The first-order chi connectivity index (χ1) is 8.97. The average molecular weight is 266 g/mol. The smallest absolute Gasteiger partial charge is 0.356 e. The predicted molar refractivity (Wildman–Crippen MR) is 72.3 cm³/mol. The van der Waals surface area contributed by atoms with E-state index in [2.05, 4.69) is 21.9 Å². The summed E-state index contributed by atoms with van der Waals surface area (Å²) in [4.78, 5) is 15.7. The second kappa shape index (κ2) is 5.71. The van der Waals surface area contributed by atoms with Crippen LogP contribution in [0.15, 0.2) is 6.07 Å². The number of hydrogen-bond donors (Lipinski definition) is 1. The summed E-state index contributed by atoms with van der Waals surface area (Å²) < 4.78 is 1.82. The van der Waals surface area contributed by atoms with Crippen LogP contribution in [0.5, 0.6) is 0 Å². The van der Waals surface area contributed by atoms with Gasteiger partial charge in [0.05, 0.1) is 5.69 Å². The SMILES string of the molecule is CC(C)n1nc(C(=O)O)cc1CN1CCN(C)CC1. The highest BCUT2D eigenvalue weighted by molar-refractivity contribution is 5.85. The van der Waals surface area contributed by atoms with Gasteiger partial charge in [0.1, 0.15) is 0 Å². The molecule has 0 saturated carbocycles. The summed E-state index contributed by atoms with van der Waals surface area (Å²) in [6, 6.07) is 1.87. The number of carboxylic acids is 1. The fourth-order valence-electron chi connectivity index (χ4n) is 2.34. The molecule has 0 bridgehead atoms. The number of hydrogen-bond acceptors (Lipinski definition) is 4. The van der Waals surface area contributed by atoms with Crippen LogP contribution in [0, 0.1) is 0 Å². The third-order valence-electron chi connectivity index (χ3n) is 3.50. The number of rotatable bonds is 4. The van der Waals surface area contributed by atoms with Gasteiger partial charge in [0.15, 0.2) is 5.69 Å². The van der Waals surface area contributed by atoms with Crippen molar-refractivity contribution in [3.63, 3.8) is 0 Å². The Labute approximate surface area is 113 Å². The summed E-state index contributed by atoms with van der Waals surface area (Å²) in [6.07, 6.45) is 0. The fraction of sp³-hybridized carbons (Fsp3) is 0.692. The van der Waals surface area contributed by atoms with Crippen LogP contribution in [0.2, 0.25) is 0 Å². The van der Waals surface area contributed by atoms with Gasteiger partial charge in [-0.1, -0.05) is 0 Å². The van der Waals surface area contributed by atoms with Crippen molar-refractivity contribution in [3.05, 3.63) is 17.5 Å². The van der Waals surface area contributed by atoms with Gasteiger partial charge in [0, 0.05) is 38.8 Å². The van der Waals surface area contributed by atoms with Crippen LogP contribution in [0.25, 0.3) is 0 Å². The minimum atomic E-state index is -0.959. The van der Waals surface area contributed by atoms with E-state index < -0.39 is 5.97 Å². The Hall–Kier alpha value is -1.40. The monoisotopic (exact) mass is 266 g/mol. The third-order valence-corrected chi connectivity index (χ3v) is 3.50. The summed E-state index contributed by atoms with van der Waals surface area (Å²) in [5.41, 5.74) is 1.12. The molecule has 0 radical (unpaired) electrons. The molecule has 0 unspecified atom stereocenters. The lowest BCUT2D eigenvalue weighted by Crippen LogP contribution is -2.44. The van der Waals surface area contributed by atoms with Crippen LogP contribution in [0.4, 0.5) is 0 Å². The van der Waals surface area contributed by atoms with E-state index in [4.69, 9.17) is 5.11 Å². The molecule has 6 heteroatoms. The first-order valence-electron chi connectivity index (χ1n) is 6.70. The molecule has 0 amide bonds. The van der Waals surface area contributed by atoms with Gasteiger partial charge in [0.25, 0.3) is 0 Å². The Bertz CT molecular complexity index is 447. The standard InChI is InChI=1S/C13H22N4O2/c1-10(2)17-11(8-12(14-17)13(18)19)9-16-6-4-15(3)5-7-16/h8,10H,4-7,9H2,1-3H3,(H,18,19). The van der Waals surface area contributed by atoms with Crippen molar-refractivity contribution in [2.75, 3.05) is 33.2 Å². The van der Waals surface area contributed by atoms with Crippen LogP contribution in [-0.2, 0) is 6.54 Å². The topological polar surface area (TPSA) is 61.6 Å². The molecule has 1 saturated heterocycles. The fourth-order valence-corrected chi connectivity index (χ4v) is 2.34. The number of piperazine rings is 1. The minimum Gasteiger partial charge on any atom is -0.476 e. The van der Waals surface area contributed by atoms with Crippen molar-refractivity contribution in [1.29, 1.82) is 0 Å². The second-order valence-corrected chi connectivity index (χ2v) is 5.44. The quantitative estimate of drug-likeness (QED) is 0.877. The van der Waals surface area contributed by atoms with Gasteiger partial charge in [-0.3, -0.25) is 9.58 Å². The molecule has 0 spiro atoms. The highest BCUT2D eigenvalue weighted by Crippen LogP contribution is 2.15. The van der Waals surface area contributed by atoms with Crippen LogP contribution in [-0.4, -0.2) is 63.9 Å². The lowest BCUT2D eigenvalue weighted by Gasteiger charge is -2.32. The molecular weight excluding hydrogens is 244 g/mol. The van der Waals surface area contributed by atoms with Crippen molar-refractivity contribution in [1.82, 2.24) is 19.6 Å². The second-order valence-electron chi connectivity index (χ2n) is 5.44. The predicted octanol–water partition coefficient (Wildman–Crippen LogP) is 0.910. The molecule has 106 valence electrons. The van der Waals surface area contributed by atoms with Gasteiger partial charge in [-0.15, -0.1) is 0 Å². The number of likely N-dealkylation sites (N-methyl/N-ethyl adjacent to an activating group) is 1. The van der Waals surface area contributed by atoms with E-state index in [9.17, 15) is 4.79 Å². The molecule has 1 aliphatic heterocycles. The molecule has 1 aromatic rings. The summed E-state index contributed by atoms with van der Waals surface area (Å²) in [7, 11) is 2.12. The Kier molecular flexibility index (Phi) is 4.21. The van der Waals surface area contributed by atoms with Gasteiger partial charge in [-0.2, -0.15) is 5.10 Å². The average Bonchev–Trinajstić information content (AvgIpc) is 2.76. The zero-order valence-electron chi connectivity index (χ0n) is 11.8. The molecule has 2 heterocycles. The first kappa shape index (κ1) is 14.0. The molecule has 6 nitrogen and oxygen atoms in total. The zero-order chi connectivity index (χ0) is 14.0. The molecule has 0 aliphatic carbocycles. The largest absolute Gasteiger partial charge is 0.476 e. The maximum atomic E-state index is 11.0. The van der Waals surface area contributed by atoms with Crippen LogP contribution in [0.1, 0.15) is 36.1 Å². The van der Waals surface area contributed by atoms with Gasteiger partial charge in [-0.25, -0.2) is 4.79 Å². The van der Waals surface area contributed by atoms with E-state index in [0.717, 1.165) is 38.4 Å². The molecule has 0 atom stereocenters. The Balaban J connectivity index is 2.12. The molecule has 19 heavy (non-hydrogen) atoms. The lowest BCUT2D eigenvalue weighted by molar-refractivity contribution is 0.0689. The Morgan fingerprint density at radius 2 is 2.00 bits per heavy atom. The number of aromatic carboxylic acids is 1. The summed E-state index contributed by atoms with van der Waals surface area (Å²) in [5.74, 6) is -0.959. The van der Waals surface area contributed by atoms with Crippen molar-refractivity contribution in [2.24, 2.45) is 0 Å². The van der Waals surface area contributed by atoms with Gasteiger partial charge in [0.2, 0.25) is 0 Å². The molecule has 0 aromatic carbocycles. The van der Waals surface area contributed by atoms with E-state index in [1.54, 1.807) is 6.07 Å². The third kappa shape index (κ3) is 3.33. The highest BCUT2D eigenvalue weighted by atomic mass is 16.4. The van der Waals surface area contributed by atoms with Crippen LogP contribution < -0.4 is 0 Å². The molecule has 1 fully saturated rings. The number of aromatic nitrogens is 2. The normalized spacial score (nSPS) is 18.1. The molecular formula is C13H22N4O2. The number of nitrogens with zero attached hydrogens (tertiary/aromatic N) is 4. The van der Waals surface area contributed by atoms with Crippen molar-refractivity contribution in [2.45, 2.75) is 26.4 Å². The van der Waals surface area contributed by atoms with Crippen LogP contribution >= 0.6 is 0 Å². The maximum Gasteiger partial charge on any atom is 0.356 e. The Morgan fingerprint density at radius 3 is 2.53 bits per heavy atom. The first-order valence-corrected chi connectivity index (χ1v) is 6.70. The van der Waals surface area contributed by atoms with Crippen molar-refractivity contribution >= 4 is 5.97 Å². The number of carboxylic acid groups (broad SMARTS) is 1. The van der Waals surface area contributed by atoms with E-state index in [0.29, 0.717) is 0 Å². The highest BCUT2D eigenvalue weighted by Gasteiger charge is 2.19. The molecule has 1 aliphatic rings. The van der Waals surface area contributed by atoms with Crippen molar-refractivity contribution < 1.29 is 9.90 Å². The summed E-state index contributed by atoms with van der Waals surface area (Å²) in [5, 5.41) is 13.2. The molecule has 1 aromatic heterocycles. The summed E-state index contributed by atoms with van der Waals surface area (Å²) >= 11 is 0. The van der Waals surface area contributed by atoms with E-state index in [1.807, 2.05) is 18.5 Å². The Morgan fingerprint density at radius 1 is 1.37 bits per heavy atom. The zero-order valence-corrected chi connectivity index (χ0v) is 11.8. The molecule has 2 rings (SSSR count). The van der Waals surface area contributed by atoms with Crippen molar-refractivity contribution in [3.8, 4) is 0 Å². The number of carbonyl (C=O) groups is 1. The van der Waals surface area contributed by atoms with E-state index in [1.165, 1.54) is 0 Å².